The first kappa shape index (κ1) is 106. The van der Waals surface area contributed by atoms with Crippen LogP contribution in [0.4, 0.5) is 24.5 Å². The quantitative estimate of drug-likeness (QED) is 0.0212. The number of aliphatic hydroxyl groups excluding tert-OH is 1. The van der Waals surface area contributed by atoms with Crippen molar-refractivity contribution in [2.45, 2.75) is 235 Å². The van der Waals surface area contributed by atoms with Gasteiger partial charge in [-0.1, -0.05) is 115 Å². The van der Waals surface area contributed by atoms with Crippen molar-refractivity contribution in [2.75, 3.05) is 79.6 Å². The van der Waals surface area contributed by atoms with E-state index in [1.807, 2.05) is 69.2 Å². The lowest BCUT2D eigenvalue weighted by Gasteiger charge is -2.39. The van der Waals surface area contributed by atoms with Gasteiger partial charge in [0.2, 0.25) is 76.8 Å². The minimum atomic E-state index is -5.08. The first-order valence-electron chi connectivity index (χ1n) is 41.3. The molecule has 11 atom stereocenters. The zero-order chi connectivity index (χ0) is 93.0. The summed E-state index contributed by atoms with van der Waals surface area (Å²) in [6, 6.07) is -1.36. The summed E-state index contributed by atoms with van der Waals surface area (Å²) in [5.74, 6) is -11.4. The number of carbonyl (C=O) groups is 15. The number of likely N-dealkylation sites (N-methyl/N-ethyl adjacent to an activating group) is 7. The van der Waals surface area contributed by atoms with Crippen LogP contribution >= 0.6 is 11.6 Å². The highest BCUT2D eigenvalue weighted by molar-refractivity contribution is 6.31. The molecule has 0 aliphatic rings. The number of alkyl halides is 3. The molecule has 0 unspecified atom stereocenters. The largest absolute Gasteiger partial charge is 0.434 e. The fraction of sp³-hybridized carbons (Fsp3) is 0.624. The second kappa shape index (κ2) is 48.9. The molecule has 37 heteroatoms. The summed E-state index contributed by atoms with van der Waals surface area (Å²) in [7, 11) is 10.1. The Bertz CT molecular complexity index is 4140. The summed E-state index contributed by atoms with van der Waals surface area (Å²) in [5.41, 5.74) is -2.22. The molecule has 1 aromatic heterocycles. The zero-order valence-corrected chi connectivity index (χ0v) is 75.6. The molecule has 10 N–H and O–H groups in total. The van der Waals surface area contributed by atoms with E-state index in [9.17, 15) is 90.2 Å². The Morgan fingerprint density at radius 1 is 0.557 bits per heavy atom. The van der Waals surface area contributed by atoms with Gasteiger partial charge in [-0.25, -0.2) is 4.68 Å². The average molecular weight is 1740 g/mol. The Morgan fingerprint density at radius 3 is 1.56 bits per heavy atom. The number of aliphatic hydroxyl groups is 1. The summed E-state index contributed by atoms with van der Waals surface area (Å²) >= 11 is 6.11. The van der Waals surface area contributed by atoms with Crippen LogP contribution < -0.4 is 47.9 Å². The van der Waals surface area contributed by atoms with Crippen LogP contribution in [0.5, 0.6) is 0 Å². The Morgan fingerprint density at radius 2 is 1.05 bits per heavy atom. The lowest BCUT2D eigenvalue weighted by atomic mass is 9.95. The first-order chi connectivity index (χ1) is 56.7. The Hall–Kier alpha value is -10.5. The van der Waals surface area contributed by atoms with Crippen molar-refractivity contribution >= 4 is 112 Å². The number of anilines is 2. The molecule has 1 heterocycles. The van der Waals surface area contributed by atoms with Crippen LogP contribution in [0.2, 0.25) is 5.02 Å². The lowest BCUT2D eigenvalue weighted by molar-refractivity contribution is -0.153. The van der Waals surface area contributed by atoms with Gasteiger partial charge in [0.25, 0.3) is 11.8 Å². The second-order valence-corrected chi connectivity index (χ2v) is 34.0. The number of amides is 15. The van der Waals surface area contributed by atoms with Crippen LogP contribution in [0, 0.1) is 41.4 Å². The van der Waals surface area contributed by atoms with Gasteiger partial charge < -0.3 is 82.4 Å². The van der Waals surface area contributed by atoms with Gasteiger partial charge in [0.1, 0.15) is 54.4 Å². The highest BCUT2D eigenvalue weighted by atomic mass is 35.5. The molecule has 2 aromatic carbocycles. The molecule has 0 spiro atoms. The number of rotatable bonds is 47. The van der Waals surface area contributed by atoms with E-state index in [2.05, 4.69) is 59.5 Å². The summed E-state index contributed by atoms with van der Waals surface area (Å²) in [6.45, 7) is 30.8. The third-order valence-electron chi connectivity index (χ3n) is 20.8. The maximum Gasteiger partial charge on any atom is 0.434 e. The molecule has 122 heavy (non-hydrogen) atoms. The summed E-state index contributed by atoms with van der Waals surface area (Å²) < 4.78 is 44.1. The molecule has 0 aliphatic heterocycles. The van der Waals surface area contributed by atoms with Crippen molar-refractivity contribution in [1.82, 2.24) is 76.4 Å². The molecule has 0 saturated heterocycles. The Labute approximate surface area is 720 Å². The lowest BCUT2D eigenvalue weighted by Crippen LogP contribution is -2.61. The number of hydrogen-bond donors (Lipinski definition) is 10. The number of benzene rings is 2. The van der Waals surface area contributed by atoms with E-state index in [1.165, 1.54) is 130 Å². The smallest absolute Gasteiger partial charge is 0.392 e. The van der Waals surface area contributed by atoms with Gasteiger partial charge in [-0.3, -0.25) is 71.9 Å². The van der Waals surface area contributed by atoms with Crippen LogP contribution in [0.3, 0.4) is 0 Å². The van der Waals surface area contributed by atoms with E-state index in [-0.39, 0.29) is 121 Å². The Kier molecular flexibility index (Phi) is 42.4. The van der Waals surface area contributed by atoms with Crippen molar-refractivity contribution in [3.8, 4) is 5.69 Å². The van der Waals surface area contributed by atoms with Gasteiger partial charge in [0.15, 0.2) is 5.69 Å². The van der Waals surface area contributed by atoms with Gasteiger partial charge in [-0.05, 0) is 149 Å². The van der Waals surface area contributed by atoms with E-state index in [1.54, 1.807) is 27.7 Å². The molecule has 0 bridgehead atoms. The highest BCUT2D eigenvalue weighted by Crippen LogP contribution is 2.35. The maximum absolute atomic E-state index is 14.7. The summed E-state index contributed by atoms with van der Waals surface area (Å²) in [5, 5.41) is 38.4. The van der Waals surface area contributed by atoms with E-state index in [0.29, 0.717) is 17.5 Å². The van der Waals surface area contributed by atoms with Crippen molar-refractivity contribution < 1.29 is 90.2 Å². The molecular weight excluding hydrogens is 1610 g/mol. The number of halogens is 4. The van der Waals surface area contributed by atoms with Gasteiger partial charge in [-0.15, -0.1) is 0 Å². The van der Waals surface area contributed by atoms with E-state index in [0.717, 1.165) is 17.2 Å². The van der Waals surface area contributed by atoms with E-state index in [4.69, 9.17) is 11.6 Å². The van der Waals surface area contributed by atoms with Gasteiger partial charge in [0.05, 0.1) is 36.5 Å². The highest BCUT2D eigenvalue weighted by Gasteiger charge is 2.44. The van der Waals surface area contributed by atoms with Crippen LogP contribution in [-0.2, 0) is 68.5 Å². The topological polar surface area (TPSA) is 422 Å². The standard InChI is InChI=1S/C85H131ClF3N17O16/c1-25-61(98-69(110)43-66(107)52(15)28-27-29-68(109)91-34-35-92-75(113)55-30-32-59(33-31-55)106-73(85(87,88)89)60(44-93-106)76(114)97-58-41-56(86)40-57(42-58)96-67(108)26-2)81(119)100(19)45-70(111)101(20)62(36-46(3)4)78(116)99-71(50(11)12)84(122)102(21)63(37-47(5)6)77(115)94-53(16)74(112)95-54(17)80(118)103(22)64(38-48(7)8)82(120)104(23)65(39-49(9)10)83(121)105(24)72(51(13)14)79(117)90-18/h26,30-33,40-42,44,46-54,61-66,71-72,107H,2,25,27-29,34-39,43,45H2,1,3-24H3,(H,90,117)(H,91,109)(H,92,113)(H,94,115)(H,95,112)(H,96,108)(H,97,114)(H,98,110)(H,99,116)/t52-,53+,54-,61+,62+,63+,64+,65+,66+,71+,72+/m1/s1. The van der Waals surface area contributed by atoms with Crippen LogP contribution in [0.25, 0.3) is 5.69 Å². The van der Waals surface area contributed by atoms with Crippen molar-refractivity contribution in [1.29, 1.82) is 0 Å². The van der Waals surface area contributed by atoms with E-state index < -0.39 is 180 Å². The van der Waals surface area contributed by atoms with Crippen molar-refractivity contribution in [2.24, 2.45) is 41.4 Å². The predicted octanol–water partition coefficient (Wildman–Crippen LogP) is 6.55. The van der Waals surface area contributed by atoms with E-state index >= 15 is 0 Å². The van der Waals surface area contributed by atoms with Crippen molar-refractivity contribution in [3.63, 3.8) is 0 Å². The fourth-order valence-electron chi connectivity index (χ4n) is 13.7. The first-order valence-corrected chi connectivity index (χ1v) is 41.7. The molecular formula is C85H131ClF3N17O16. The third kappa shape index (κ3) is 31.7. The third-order valence-corrected chi connectivity index (χ3v) is 21.0. The molecule has 0 aliphatic carbocycles. The minimum Gasteiger partial charge on any atom is -0.392 e. The molecule has 680 valence electrons. The molecule has 15 amide bonds. The Balaban J connectivity index is 1.59. The normalized spacial score (nSPS) is 14.2. The number of hydrogen-bond acceptors (Lipinski definition) is 17. The monoisotopic (exact) mass is 1740 g/mol. The second-order valence-electron chi connectivity index (χ2n) is 33.6. The average Bonchev–Trinajstić information content (AvgIpc) is 1.61. The maximum atomic E-state index is 14.7. The van der Waals surface area contributed by atoms with Gasteiger partial charge in [0, 0.05) is 90.8 Å². The van der Waals surface area contributed by atoms with Crippen molar-refractivity contribution in [3.05, 3.63) is 83.2 Å². The predicted molar refractivity (Wildman–Crippen MR) is 457 cm³/mol. The van der Waals surface area contributed by atoms with Crippen LogP contribution in [0.15, 0.2) is 61.3 Å². The molecule has 0 radical (unpaired) electrons. The molecule has 0 fully saturated rings. The van der Waals surface area contributed by atoms with Crippen LogP contribution in [-0.4, -0.2) is 262 Å². The minimum absolute atomic E-state index is 0.00157. The number of nitrogens with one attached hydrogen (secondary N) is 9. The molecule has 0 saturated carbocycles. The number of nitrogens with zero attached hydrogens (tertiary/aromatic N) is 8. The molecule has 33 nitrogen and oxygen atoms in total. The molecule has 3 aromatic rings. The van der Waals surface area contributed by atoms with Gasteiger partial charge >= 0.3 is 6.18 Å². The SMILES string of the molecule is C=CC(=O)Nc1cc(Cl)cc(NC(=O)c2cnn(-c3ccc(C(=O)NCCNC(=O)CCC[C@@H](C)[C@@H](O)CC(=O)N[C@@H](CC)C(=O)N(C)CC(=O)N(C)[C@@H](CC(C)C)C(=O)N[C@H](C(=O)N(C)[C@@H](CC(C)C)C(=O)N[C@@H](C)C(=O)N[C@H](C)C(=O)N(C)[C@@H](CC(C)C)C(=O)N(C)[C@@H](CC(C)C)C(=O)N(C)[C@H](C(=O)NC)C(C)C)C(C)C)cc3)c2C(F)(F)F)c1. The van der Waals surface area contributed by atoms with Crippen LogP contribution in [0.1, 0.15) is 195 Å². The van der Waals surface area contributed by atoms with Gasteiger partial charge in [-0.2, -0.15) is 18.3 Å². The zero-order valence-electron chi connectivity index (χ0n) is 74.9. The number of aromatic nitrogens is 2. The number of carbonyl (C=O) groups excluding carboxylic acids is 15. The summed E-state index contributed by atoms with van der Waals surface area (Å²) in [4.78, 5) is 213. The summed E-state index contributed by atoms with van der Waals surface area (Å²) in [6.07, 6.45) is -3.59. The fourth-order valence-corrected chi connectivity index (χ4v) is 14.0. The molecule has 3 rings (SSSR count).